The van der Waals surface area contributed by atoms with Crippen molar-refractivity contribution in [3.05, 3.63) is 41.7 Å². The topological polar surface area (TPSA) is 51.8 Å². The van der Waals surface area contributed by atoms with Crippen molar-refractivity contribution in [2.24, 2.45) is 0 Å². The largest absolute Gasteiger partial charge is 0.383 e. The van der Waals surface area contributed by atoms with Crippen molar-refractivity contribution in [3.8, 4) is 11.1 Å². The van der Waals surface area contributed by atoms with E-state index in [1.165, 1.54) is 10.3 Å². The SMILES string of the molecule is CC(C)c1csc2c(-c3cccnc3)cnc(N)c12. The molecule has 3 aromatic rings. The van der Waals surface area contributed by atoms with Crippen molar-refractivity contribution >= 4 is 27.2 Å². The number of nitrogens with two attached hydrogens (primary N) is 1. The lowest BCUT2D eigenvalue weighted by atomic mass is 10.0. The van der Waals surface area contributed by atoms with Crippen LogP contribution in [0.1, 0.15) is 25.3 Å². The van der Waals surface area contributed by atoms with Crippen molar-refractivity contribution in [2.45, 2.75) is 19.8 Å². The first-order valence-corrected chi connectivity index (χ1v) is 7.12. The molecule has 0 aliphatic rings. The summed E-state index contributed by atoms with van der Waals surface area (Å²) in [7, 11) is 0. The molecular weight excluding hydrogens is 254 g/mol. The van der Waals surface area contributed by atoms with Crippen LogP contribution < -0.4 is 5.73 Å². The van der Waals surface area contributed by atoms with Gasteiger partial charge in [-0.3, -0.25) is 4.98 Å². The minimum atomic E-state index is 0.446. The van der Waals surface area contributed by atoms with E-state index in [9.17, 15) is 0 Å². The number of fused-ring (bicyclic) bond motifs is 1. The molecule has 3 aromatic heterocycles. The molecule has 3 nitrogen and oxygen atoms in total. The van der Waals surface area contributed by atoms with Gasteiger partial charge in [-0.1, -0.05) is 19.9 Å². The third-order valence-corrected chi connectivity index (χ3v) is 4.28. The van der Waals surface area contributed by atoms with E-state index in [2.05, 4.69) is 35.3 Å². The number of nitrogens with zero attached hydrogens (tertiary/aromatic N) is 2. The Balaban J connectivity index is 2.32. The molecule has 4 heteroatoms. The third-order valence-electron chi connectivity index (χ3n) is 3.25. The predicted molar refractivity (Wildman–Crippen MR) is 81.4 cm³/mol. The van der Waals surface area contributed by atoms with Crippen LogP contribution in [-0.2, 0) is 0 Å². The Hall–Kier alpha value is -1.94. The van der Waals surface area contributed by atoms with E-state index in [1.54, 1.807) is 17.5 Å². The molecular formula is C15H15N3S. The average molecular weight is 269 g/mol. The fourth-order valence-corrected chi connectivity index (χ4v) is 3.52. The molecule has 96 valence electrons. The molecule has 0 bridgehead atoms. The average Bonchev–Trinajstić information content (AvgIpc) is 2.86. The van der Waals surface area contributed by atoms with Crippen LogP contribution in [0, 0.1) is 0 Å². The van der Waals surface area contributed by atoms with Crippen molar-refractivity contribution in [1.82, 2.24) is 9.97 Å². The molecule has 0 aromatic carbocycles. The Labute approximate surface area is 116 Å². The molecule has 0 atom stereocenters. The highest BCUT2D eigenvalue weighted by molar-refractivity contribution is 7.18. The van der Waals surface area contributed by atoms with Crippen LogP contribution in [0.2, 0.25) is 0 Å². The van der Waals surface area contributed by atoms with E-state index in [-0.39, 0.29) is 0 Å². The van der Waals surface area contributed by atoms with E-state index in [1.807, 2.05) is 18.5 Å². The molecule has 0 aliphatic carbocycles. The van der Waals surface area contributed by atoms with Crippen LogP contribution in [0.5, 0.6) is 0 Å². The van der Waals surface area contributed by atoms with Gasteiger partial charge in [0.2, 0.25) is 0 Å². The van der Waals surface area contributed by atoms with Crippen molar-refractivity contribution in [2.75, 3.05) is 5.73 Å². The van der Waals surface area contributed by atoms with Crippen LogP contribution >= 0.6 is 11.3 Å². The maximum absolute atomic E-state index is 6.07. The normalized spacial score (nSPS) is 11.3. The van der Waals surface area contributed by atoms with Crippen molar-refractivity contribution < 1.29 is 0 Å². The zero-order valence-electron chi connectivity index (χ0n) is 10.9. The summed E-state index contributed by atoms with van der Waals surface area (Å²) in [4.78, 5) is 8.53. The first-order chi connectivity index (χ1) is 9.18. The number of hydrogen-bond acceptors (Lipinski definition) is 4. The van der Waals surface area contributed by atoms with E-state index < -0.39 is 0 Å². The minimum Gasteiger partial charge on any atom is -0.383 e. The molecule has 3 rings (SSSR count). The molecule has 0 fully saturated rings. The van der Waals surface area contributed by atoms with Gasteiger partial charge in [0.1, 0.15) is 5.82 Å². The van der Waals surface area contributed by atoms with Gasteiger partial charge in [0.15, 0.2) is 0 Å². The molecule has 0 saturated carbocycles. The zero-order chi connectivity index (χ0) is 13.4. The van der Waals surface area contributed by atoms with Crippen LogP contribution in [0.15, 0.2) is 36.1 Å². The van der Waals surface area contributed by atoms with E-state index in [0.717, 1.165) is 16.5 Å². The van der Waals surface area contributed by atoms with Crippen LogP contribution in [0.4, 0.5) is 5.82 Å². The summed E-state index contributed by atoms with van der Waals surface area (Å²) in [6, 6.07) is 3.99. The maximum atomic E-state index is 6.07. The molecule has 0 spiro atoms. The molecule has 0 saturated heterocycles. The summed E-state index contributed by atoms with van der Waals surface area (Å²) < 4.78 is 1.20. The Kier molecular flexibility index (Phi) is 2.95. The Morgan fingerprint density at radius 1 is 1.26 bits per heavy atom. The lowest BCUT2D eigenvalue weighted by Crippen LogP contribution is -1.95. The summed E-state index contributed by atoms with van der Waals surface area (Å²) in [6.07, 6.45) is 5.48. The van der Waals surface area contributed by atoms with Gasteiger partial charge in [-0.2, -0.15) is 0 Å². The lowest BCUT2D eigenvalue weighted by molar-refractivity contribution is 0.880. The standard InChI is InChI=1S/C15H15N3S/c1-9(2)12-8-19-14-11(7-18-15(16)13(12)14)10-4-3-5-17-6-10/h3-9H,1-2H3,(H2,16,18). The molecule has 19 heavy (non-hydrogen) atoms. The molecule has 3 heterocycles. The van der Waals surface area contributed by atoms with Gasteiger partial charge in [-0.25, -0.2) is 4.98 Å². The van der Waals surface area contributed by atoms with Crippen molar-refractivity contribution in [3.63, 3.8) is 0 Å². The number of aromatic nitrogens is 2. The molecule has 0 aliphatic heterocycles. The number of pyridine rings is 2. The minimum absolute atomic E-state index is 0.446. The number of nitrogen functional groups attached to an aromatic ring is 1. The first kappa shape index (κ1) is 12.1. The Morgan fingerprint density at radius 2 is 2.11 bits per heavy atom. The summed E-state index contributed by atoms with van der Waals surface area (Å²) in [5, 5.41) is 3.29. The zero-order valence-corrected chi connectivity index (χ0v) is 11.7. The molecule has 2 N–H and O–H groups in total. The summed E-state index contributed by atoms with van der Waals surface area (Å²) in [5.41, 5.74) is 9.53. The second kappa shape index (κ2) is 4.63. The van der Waals surface area contributed by atoms with E-state index in [4.69, 9.17) is 5.73 Å². The highest BCUT2D eigenvalue weighted by Gasteiger charge is 2.15. The fourth-order valence-electron chi connectivity index (χ4n) is 2.24. The number of anilines is 1. The highest BCUT2D eigenvalue weighted by Crippen LogP contribution is 2.39. The summed E-state index contributed by atoms with van der Waals surface area (Å²) in [6.45, 7) is 4.36. The van der Waals surface area contributed by atoms with E-state index >= 15 is 0 Å². The fraction of sp³-hybridized carbons (Fsp3) is 0.200. The second-order valence-electron chi connectivity index (χ2n) is 4.85. The van der Waals surface area contributed by atoms with Gasteiger partial charge in [-0.15, -0.1) is 11.3 Å². The van der Waals surface area contributed by atoms with Gasteiger partial charge in [-0.05, 0) is 22.9 Å². The monoisotopic (exact) mass is 269 g/mol. The first-order valence-electron chi connectivity index (χ1n) is 6.24. The molecule has 0 amide bonds. The van der Waals surface area contributed by atoms with Gasteiger partial charge >= 0.3 is 0 Å². The Bertz CT molecular complexity index is 717. The number of hydrogen-bond donors (Lipinski definition) is 1. The van der Waals surface area contributed by atoms with Crippen molar-refractivity contribution in [1.29, 1.82) is 0 Å². The lowest BCUT2D eigenvalue weighted by Gasteiger charge is -2.07. The maximum Gasteiger partial charge on any atom is 0.132 e. The Morgan fingerprint density at radius 3 is 2.79 bits per heavy atom. The van der Waals surface area contributed by atoms with Gasteiger partial charge in [0, 0.05) is 39.8 Å². The predicted octanol–water partition coefficient (Wildman–Crippen LogP) is 4.06. The van der Waals surface area contributed by atoms with Crippen LogP contribution in [0.25, 0.3) is 21.2 Å². The van der Waals surface area contributed by atoms with Crippen LogP contribution in [0.3, 0.4) is 0 Å². The van der Waals surface area contributed by atoms with Crippen LogP contribution in [-0.4, -0.2) is 9.97 Å². The molecule has 0 radical (unpaired) electrons. The quantitative estimate of drug-likeness (QED) is 0.763. The second-order valence-corrected chi connectivity index (χ2v) is 5.73. The third kappa shape index (κ3) is 1.98. The van der Waals surface area contributed by atoms with Gasteiger partial charge < -0.3 is 5.73 Å². The smallest absolute Gasteiger partial charge is 0.132 e. The van der Waals surface area contributed by atoms with Gasteiger partial charge in [0.05, 0.1) is 0 Å². The summed E-state index contributed by atoms with van der Waals surface area (Å²) >= 11 is 1.73. The molecule has 0 unspecified atom stereocenters. The number of rotatable bonds is 2. The van der Waals surface area contributed by atoms with Gasteiger partial charge in [0.25, 0.3) is 0 Å². The van der Waals surface area contributed by atoms with E-state index in [0.29, 0.717) is 11.7 Å². The highest BCUT2D eigenvalue weighted by atomic mass is 32.1. The number of thiophene rings is 1. The summed E-state index contributed by atoms with van der Waals surface area (Å²) in [5.74, 6) is 1.06.